The molecule has 1 aliphatic rings. The van der Waals surface area contributed by atoms with Crippen molar-refractivity contribution in [2.75, 3.05) is 26.2 Å². The van der Waals surface area contributed by atoms with Gasteiger partial charge in [-0.1, -0.05) is 11.6 Å². The summed E-state index contributed by atoms with van der Waals surface area (Å²) in [5.74, 6) is -0.882. The number of rotatable bonds is 4. The minimum absolute atomic E-state index is 0.0113. The van der Waals surface area contributed by atoms with Crippen LogP contribution < -0.4 is 0 Å². The predicted molar refractivity (Wildman–Crippen MR) is 115 cm³/mol. The normalized spacial score (nSPS) is 15.4. The van der Waals surface area contributed by atoms with Crippen molar-refractivity contribution in [2.24, 2.45) is 0 Å². The van der Waals surface area contributed by atoms with E-state index in [-0.39, 0.29) is 52.6 Å². The Morgan fingerprint density at radius 1 is 1.10 bits per heavy atom. The average Bonchev–Trinajstić information content (AvgIpc) is 3.09. The van der Waals surface area contributed by atoms with Gasteiger partial charge in [-0.3, -0.25) is 14.9 Å². The number of piperazine rings is 1. The number of hydrogen-bond donors (Lipinski definition) is 0. The van der Waals surface area contributed by atoms with Gasteiger partial charge in [0.05, 0.1) is 14.8 Å². The van der Waals surface area contributed by atoms with E-state index in [1.165, 1.54) is 39.5 Å². The number of thiophene rings is 1. The molecule has 0 spiro atoms. The van der Waals surface area contributed by atoms with Crippen molar-refractivity contribution in [1.29, 1.82) is 0 Å². The van der Waals surface area contributed by atoms with Crippen LogP contribution in [0.1, 0.15) is 9.67 Å². The van der Waals surface area contributed by atoms with Gasteiger partial charge in [-0.15, -0.1) is 11.3 Å². The molecule has 8 nitrogen and oxygen atoms in total. The van der Waals surface area contributed by atoms with Gasteiger partial charge in [-0.25, -0.2) is 12.8 Å². The number of carbonyl (C=O) groups is 1. The van der Waals surface area contributed by atoms with Gasteiger partial charge >= 0.3 is 0 Å². The van der Waals surface area contributed by atoms with Crippen LogP contribution in [0.4, 0.5) is 10.1 Å². The van der Waals surface area contributed by atoms with Crippen LogP contribution in [-0.4, -0.2) is 54.6 Å². The van der Waals surface area contributed by atoms with Crippen LogP contribution in [-0.2, 0) is 10.0 Å². The third kappa shape index (κ3) is 4.01. The first kappa shape index (κ1) is 21.6. The highest BCUT2D eigenvalue weighted by Gasteiger charge is 2.32. The Morgan fingerprint density at radius 2 is 1.74 bits per heavy atom. The lowest BCUT2D eigenvalue weighted by molar-refractivity contribution is -0.384. The van der Waals surface area contributed by atoms with Gasteiger partial charge in [0.2, 0.25) is 10.0 Å². The van der Waals surface area contributed by atoms with E-state index in [0.29, 0.717) is 10.1 Å². The molecule has 0 bridgehead atoms. The first-order valence-electron chi connectivity index (χ1n) is 9.10. The summed E-state index contributed by atoms with van der Waals surface area (Å²) in [5, 5.41) is 11.8. The number of non-ortho nitro benzene ring substituents is 1. The first-order valence-corrected chi connectivity index (χ1v) is 11.7. The van der Waals surface area contributed by atoms with Crippen LogP contribution in [0.15, 0.2) is 47.4 Å². The molecular weight excluding hydrogens is 469 g/mol. The second-order valence-corrected chi connectivity index (χ2v) is 10.2. The van der Waals surface area contributed by atoms with Crippen LogP contribution >= 0.6 is 22.9 Å². The van der Waals surface area contributed by atoms with Gasteiger partial charge in [0.1, 0.15) is 10.7 Å². The highest BCUT2D eigenvalue weighted by molar-refractivity contribution is 7.89. The van der Waals surface area contributed by atoms with Gasteiger partial charge < -0.3 is 4.90 Å². The number of halogens is 2. The van der Waals surface area contributed by atoms with Crippen LogP contribution in [0.3, 0.4) is 0 Å². The zero-order valence-electron chi connectivity index (χ0n) is 15.8. The zero-order chi connectivity index (χ0) is 22.3. The summed E-state index contributed by atoms with van der Waals surface area (Å²) in [5.41, 5.74) is -0.0935. The molecule has 4 rings (SSSR count). The SMILES string of the molecule is O=C(c1sc2cc([N+](=O)[O-])ccc2c1Cl)N1CCN(S(=O)(=O)c2ccc(F)cc2)CC1. The minimum atomic E-state index is -3.79. The monoisotopic (exact) mass is 483 g/mol. The van der Waals surface area contributed by atoms with Gasteiger partial charge in [0.25, 0.3) is 11.6 Å². The summed E-state index contributed by atoms with van der Waals surface area (Å²) < 4.78 is 40.3. The molecule has 0 atom stereocenters. The second-order valence-electron chi connectivity index (χ2n) is 6.83. The van der Waals surface area contributed by atoms with Gasteiger partial charge in [-0.05, 0) is 30.3 Å². The van der Waals surface area contributed by atoms with Crippen LogP contribution in [0.25, 0.3) is 10.1 Å². The molecule has 12 heteroatoms. The molecule has 0 unspecified atom stereocenters. The van der Waals surface area contributed by atoms with Gasteiger partial charge in [-0.2, -0.15) is 4.31 Å². The number of nitrogens with zero attached hydrogens (tertiary/aromatic N) is 3. The number of benzene rings is 2. The topological polar surface area (TPSA) is 101 Å². The summed E-state index contributed by atoms with van der Waals surface area (Å²) >= 11 is 7.42. The van der Waals surface area contributed by atoms with Crippen molar-refractivity contribution in [3.05, 3.63) is 68.3 Å². The van der Waals surface area contributed by atoms with Crippen molar-refractivity contribution in [1.82, 2.24) is 9.21 Å². The molecule has 1 amide bonds. The molecule has 1 saturated heterocycles. The van der Waals surface area contributed by atoms with Crippen molar-refractivity contribution in [3.8, 4) is 0 Å². The molecule has 1 aromatic heterocycles. The van der Waals surface area contributed by atoms with Crippen molar-refractivity contribution in [3.63, 3.8) is 0 Å². The van der Waals surface area contributed by atoms with E-state index in [4.69, 9.17) is 11.6 Å². The molecule has 0 aliphatic carbocycles. The average molecular weight is 484 g/mol. The largest absolute Gasteiger partial charge is 0.335 e. The smallest absolute Gasteiger partial charge is 0.270 e. The molecule has 1 aliphatic heterocycles. The fourth-order valence-corrected chi connectivity index (χ4v) is 6.27. The molecule has 1 fully saturated rings. The summed E-state index contributed by atoms with van der Waals surface area (Å²) in [7, 11) is -3.79. The Hall–Kier alpha value is -2.60. The lowest BCUT2D eigenvalue weighted by atomic mass is 10.2. The maximum atomic E-state index is 13.1. The first-order chi connectivity index (χ1) is 14.7. The third-order valence-corrected chi connectivity index (χ3v) is 8.55. The molecule has 31 heavy (non-hydrogen) atoms. The second kappa shape index (κ2) is 8.15. The van der Waals surface area contributed by atoms with Crippen molar-refractivity contribution in [2.45, 2.75) is 4.90 Å². The van der Waals surface area contributed by atoms with E-state index in [9.17, 15) is 27.7 Å². The maximum Gasteiger partial charge on any atom is 0.270 e. The molecule has 2 heterocycles. The number of fused-ring (bicyclic) bond motifs is 1. The van der Waals surface area contributed by atoms with Crippen molar-refractivity contribution >= 4 is 54.6 Å². The zero-order valence-corrected chi connectivity index (χ0v) is 18.2. The molecule has 0 N–H and O–H groups in total. The predicted octanol–water partition coefficient (Wildman–Crippen LogP) is 3.75. The van der Waals surface area contributed by atoms with E-state index >= 15 is 0 Å². The van der Waals surface area contributed by atoms with E-state index in [2.05, 4.69) is 0 Å². The summed E-state index contributed by atoms with van der Waals surface area (Å²) in [6.45, 7) is 0.479. The molecule has 0 radical (unpaired) electrons. The number of amides is 1. The lowest BCUT2D eigenvalue weighted by Crippen LogP contribution is -2.50. The summed E-state index contributed by atoms with van der Waals surface area (Å²) in [6.07, 6.45) is 0. The highest BCUT2D eigenvalue weighted by atomic mass is 35.5. The molecule has 2 aromatic carbocycles. The fraction of sp³-hybridized carbons (Fsp3) is 0.211. The summed E-state index contributed by atoms with van der Waals surface area (Å²) in [4.78, 5) is 25.2. The summed E-state index contributed by atoms with van der Waals surface area (Å²) in [6, 6.07) is 8.79. The maximum absolute atomic E-state index is 13.1. The molecular formula is C19H15ClFN3O5S2. The Bertz CT molecular complexity index is 1290. The van der Waals surface area contributed by atoms with Crippen LogP contribution in [0.2, 0.25) is 5.02 Å². The molecule has 162 valence electrons. The highest BCUT2D eigenvalue weighted by Crippen LogP contribution is 2.38. The Morgan fingerprint density at radius 3 is 2.35 bits per heavy atom. The van der Waals surface area contributed by atoms with Crippen molar-refractivity contribution < 1.29 is 22.5 Å². The molecule has 3 aromatic rings. The number of nitro groups is 1. The van der Waals surface area contributed by atoms with Gasteiger partial charge in [0.15, 0.2) is 0 Å². The van der Waals surface area contributed by atoms with Crippen LogP contribution in [0, 0.1) is 15.9 Å². The van der Waals surface area contributed by atoms with E-state index < -0.39 is 20.8 Å². The Balaban J connectivity index is 1.51. The number of hydrogen-bond acceptors (Lipinski definition) is 6. The minimum Gasteiger partial charge on any atom is -0.335 e. The van der Waals surface area contributed by atoms with Crippen LogP contribution in [0.5, 0.6) is 0 Å². The van der Waals surface area contributed by atoms with Gasteiger partial charge in [0, 0.05) is 48.4 Å². The standard InChI is InChI=1S/C19H15ClFN3O5S2/c20-17-15-6-3-13(24(26)27)11-16(15)30-18(17)19(25)22-7-9-23(10-8-22)31(28,29)14-4-1-12(21)2-5-14/h1-6,11H,7-10H2. The number of carbonyl (C=O) groups excluding carboxylic acids is 1. The van der Waals surface area contributed by atoms with E-state index in [0.717, 1.165) is 23.5 Å². The quantitative estimate of drug-likeness (QED) is 0.415. The number of sulfonamides is 1. The van der Waals surface area contributed by atoms with E-state index in [1.807, 2.05) is 0 Å². The van der Waals surface area contributed by atoms with E-state index in [1.54, 1.807) is 0 Å². The fourth-order valence-electron chi connectivity index (χ4n) is 3.34. The Labute approximate surface area is 185 Å². The molecule has 0 saturated carbocycles. The third-order valence-electron chi connectivity index (χ3n) is 5.00. The number of nitro benzene ring substituents is 1. The Kier molecular flexibility index (Phi) is 5.69. The lowest BCUT2D eigenvalue weighted by Gasteiger charge is -2.33.